The second kappa shape index (κ2) is 14.0. The summed E-state index contributed by atoms with van der Waals surface area (Å²) in [6.07, 6.45) is -4.86. The van der Waals surface area contributed by atoms with Gasteiger partial charge in [0.2, 0.25) is 5.95 Å². The number of carbonyl (C=O) groups is 1. The molecule has 0 bridgehead atoms. The number of rotatable bonds is 9. The van der Waals surface area contributed by atoms with E-state index in [1.807, 2.05) is 13.0 Å². The van der Waals surface area contributed by atoms with Gasteiger partial charge >= 0.3 is 18.5 Å². The number of nitrogens with zero attached hydrogens (tertiary/aromatic N) is 4. The maximum absolute atomic E-state index is 12.5. The zero-order chi connectivity index (χ0) is 28.3. The van der Waals surface area contributed by atoms with Crippen LogP contribution in [0.5, 0.6) is 5.75 Å². The highest BCUT2D eigenvalue weighted by molar-refractivity contribution is 5.73. The first-order chi connectivity index (χ1) is 17.8. The van der Waals surface area contributed by atoms with E-state index in [9.17, 15) is 26.3 Å². The maximum Gasteiger partial charge on any atom is 0.573 e. The third kappa shape index (κ3) is 11.4. The fourth-order valence-electron chi connectivity index (χ4n) is 3.77. The van der Waals surface area contributed by atoms with Crippen LogP contribution in [0.1, 0.15) is 38.3 Å². The Morgan fingerprint density at radius 2 is 1.76 bits per heavy atom. The number of alkyl halides is 6. The van der Waals surface area contributed by atoms with E-state index in [1.165, 1.54) is 50.6 Å². The van der Waals surface area contributed by atoms with Crippen LogP contribution in [0, 0.1) is 6.92 Å². The highest BCUT2D eigenvalue weighted by Crippen LogP contribution is 2.26. The van der Waals surface area contributed by atoms with Crippen molar-refractivity contribution in [2.45, 2.75) is 52.1 Å². The van der Waals surface area contributed by atoms with Crippen LogP contribution in [-0.2, 0) is 4.79 Å². The number of likely N-dealkylation sites (tertiary alicyclic amines) is 1. The Balaban J connectivity index is 0.000000638. The quantitative estimate of drug-likeness (QED) is 0.380. The smallest absolute Gasteiger partial charge is 0.475 e. The van der Waals surface area contributed by atoms with Crippen molar-refractivity contribution < 1.29 is 41.0 Å². The number of ether oxygens (including phenoxy) is 1. The van der Waals surface area contributed by atoms with Crippen LogP contribution in [0.3, 0.4) is 0 Å². The summed E-state index contributed by atoms with van der Waals surface area (Å²) in [7, 11) is 0. The van der Waals surface area contributed by atoms with Gasteiger partial charge in [0.25, 0.3) is 0 Å². The van der Waals surface area contributed by atoms with Gasteiger partial charge in [-0.05, 0) is 64.9 Å². The molecule has 0 radical (unpaired) electrons. The van der Waals surface area contributed by atoms with E-state index in [0.717, 1.165) is 37.6 Å². The molecule has 1 fully saturated rings. The van der Waals surface area contributed by atoms with Crippen LogP contribution in [0.4, 0.5) is 43.8 Å². The molecule has 0 aliphatic carbocycles. The molecule has 0 amide bonds. The summed E-state index contributed by atoms with van der Waals surface area (Å²) in [5.74, 6) is -1.90. The van der Waals surface area contributed by atoms with Crippen molar-refractivity contribution in [1.82, 2.24) is 14.9 Å². The van der Waals surface area contributed by atoms with Crippen molar-refractivity contribution in [2.24, 2.45) is 0 Å². The summed E-state index contributed by atoms with van der Waals surface area (Å²) in [6, 6.07) is 7.58. The van der Waals surface area contributed by atoms with Crippen LogP contribution >= 0.6 is 0 Å². The van der Waals surface area contributed by atoms with Crippen molar-refractivity contribution in [1.29, 1.82) is 0 Å². The highest BCUT2D eigenvalue weighted by atomic mass is 19.4. The second-order valence-corrected chi connectivity index (χ2v) is 8.53. The Hall–Kier alpha value is -3.29. The molecule has 1 aliphatic heterocycles. The topological polar surface area (TPSA) is 90.8 Å². The lowest BCUT2D eigenvalue weighted by Gasteiger charge is -2.28. The number of aliphatic carboxylic acids is 1. The zero-order valence-electron chi connectivity index (χ0n) is 21.1. The molecular formula is C24H31F6N5O3. The highest BCUT2D eigenvalue weighted by Gasteiger charge is 2.38. The summed E-state index contributed by atoms with van der Waals surface area (Å²) in [5, 5.41) is 10.1. The van der Waals surface area contributed by atoms with Crippen LogP contribution < -0.4 is 15.0 Å². The molecule has 0 unspecified atom stereocenters. The molecule has 2 N–H and O–H groups in total. The Morgan fingerprint density at radius 3 is 2.34 bits per heavy atom. The van der Waals surface area contributed by atoms with E-state index in [2.05, 4.69) is 36.7 Å². The molecular weight excluding hydrogens is 520 g/mol. The second-order valence-electron chi connectivity index (χ2n) is 8.53. The molecule has 8 nitrogen and oxygen atoms in total. The van der Waals surface area contributed by atoms with Gasteiger partial charge in [0.1, 0.15) is 11.6 Å². The average Bonchev–Trinajstić information content (AvgIpc) is 2.81. The van der Waals surface area contributed by atoms with Crippen molar-refractivity contribution in [3.8, 4) is 5.75 Å². The van der Waals surface area contributed by atoms with Crippen molar-refractivity contribution in [3.05, 3.63) is 36.0 Å². The molecule has 1 aromatic carbocycles. The molecule has 0 spiro atoms. The number of anilines is 3. The van der Waals surface area contributed by atoms with Gasteiger partial charge in [0, 0.05) is 36.6 Å². The number of carboxylic acids is 1. The minimum Gasteiger partial charge on any atom is -0.475 e. The van der Waals surface area contributed by atoms with Gasteiger partial charge < -0.3 is 25.0 Å². The molecule has 3 rings (SSSR count). The van der Waals surface area contributed by atoms with Crippen molar-refractivity contribution >= 4 is 23.4 Å². The molecule has 14 heteroatoms. The van der Waals surface area contributed by atoms with E-state index in [0.29, 0.717) is 11.6 Å². The fraction of sp³-hybridized carbons (Fsp3) is 0.542. The predicted octanol–water partition coefficient (Wildman–Crippen LogP) is 5.76. The van der Waals surface area contributed by atoms with E-state index >= 15 is 0 Å². The van der Waals surface area contributed by atoms with Crippen LogP contribution in [0.15, 0.2) is 30.3 Å². The number of halogens is 6. The molecule has 38 heavy (non-hydrogen) atoms. The third-order valence-corrected chi connectivity index (χ3v) is 5.46. The van der Waals surface area contributed by atoms with Gasteiger partial charge in [-0.25, -0.2) is 9.78 Å². The number of benzene rings is 1. The Morgan fingerprint density at radius 1 is 1.11 bits per heavy atom. The Labute approximate surface area is 216 Å². The maximum atomic E-state index is 12.5. The number of hydrogen-bond acceptors (Lipinski definition) is 7. The van der Waals surface area contributed by atoms with Crippen molar-refractivity contribution in [3.63, 3.8) is 0 Å². The number of piperidine rings is 1. The van der Waals surface area contributed by atoms with Gasteiger partial charge in [-0.1, -0.05) is 12.5 Å². The normalized spacial score (nSPS) is 14.3. The van der Waals surface area contributed by atoms with E-state index in [1.54, 1.807) is 6.07 Å². The number of aryl methyl sites for hydroxylation is 1. The minimum absolute atomic E-state index is 0.293. The van der Waals surface area contributed by atoms with Crippen molar-refractivity contribution in [2.75, 3.05) is 42.9 Å². The van der Waals surface area contributed by atoms with Gasteiger partial charge in [-0.3, -0.25) is 0 Å². The summed E-state index contributed by atoms with van der Waals surface area (Å²) in [4.78, 5) is 22.6. The van der Waals surface area contributed by atoms with Crippen LogP contribution in [0.25, 0.3) is 0 Å². The van der Waals surface area contributed by atoms with Gasteiger partial charge in [-0.2, -0.15) is 18.2 Å². The first kappa shape index (κ1) is 30.9. The summed E-state index contributed by atoms with van der Waals surface area (Å²) in [6.45, 7) is 9.11. The SMILES string of the molecule is CCN(CCCN1CCCCC1)c1cc(C)nc(Nc2cccc(OC(F)(F)F)c2)n1.O=C(O)C(F)(F)F. The lowest BCUT2D eigenvalue weighted by atomic mass is 10.1. The third-order valence-electron chi connectivity index (χ3n) is 5.46. The fourth-order valence-corrected chi connectivity index (χ4v) is 3.77. The minimum atomic E-state index is -5.08. The molecule has 0 saturated carbocycles. The zero-order valence-corrected chi connectivity index (χ0v) is 21.1. The number of hydrogen-bond donors (Lipinski definition) is 2. The number of carboxylic acid groups (broad SMARTS) is 1. The van der Waals surface area contributed by atoms with E-state index in [4.69, 9.17) is 9.90 Å². The van der Waals surface area contributed by atoms with E-state index in [-0.39, 0.29) is 5.75 Å². The largest absolute Gasteiger partial charge is 0.573 e. The summed E-state index contributed by atoms with van der Waals surface area (Å²) < 4.78 is 73.2. The Kier molecular flexibility index (Phi) is 11.4. The van der Waals surface area contributed by atoms with E-state index < -0.39 is 18.5 Å². The monoisotopic (exact) mass is 551 g/mol. The molecule has 2 heterocycles. The standard InChI is InChI=1S/C22H30F3N5O.C2HF3O2/c1-3-30(14-8-13-29-11-5-4-6-12-29)20-15-17(2)26-21(28-20)27-18-9-7-10-19(16-18)31-22(23,24)25;3-2(4,5)1(6)7/h7,9-10,15-16H,3-6,8,11-14H2,1-2H3,(H,26,27,28);(H,6,7). The molecule has 1 saturated heterocycles. The Bertz CT molecular complexity index is 1030. The first-order valence-corrected chi connectivity index (χ1v) is 12.0. The first-order valence-electron chi connectivity index (χ1n) is 12.0. The molecule has 1 aliphatic rings. The molecule has 2 aromatic rings. The van der Waals surface area contributed by atoms with Gasteiger partial charge in [0.15, 0.2) is 0 Å². The molecule has 212 valence electrons. The number of aromatic nitrogens is 2. The van der Waals surface area contributed by atoms with Crippen LogP contribution in [0.2, 0.25) is 0 Å². The van der Waals surface area contributed by atoms with Gasteiger partial charge in [0.05, 0.1) is 0 Å². The average molecular weight is 552 g/mol. The van der Waals surface area contributed by atoms with Gasteiger partial charge in [-0.15, -0.1) is 13.2 Å². The molecule has 0 atom stereocenters. The number of nitrogens with one attached hydrogen (secondary N) is 1. The lowest BCUT2D eigenvalue weighted by molar-refractivity contribution is -0.274. The lowest BCUT2D eigenvalue weighted by Crippen LogP contribution is -2.33. The summed E-state index contributed by atoms with van der Waals surface area (Å²) in [5.41, 5.74) is 1.20. The predicted molar refractivity (Wildman–Crippen MR) is 130 cm³/mol. The van der Waals surface area contributed by atoms with Crippen LogP contribution in [-0.4, -0.2) is 71.2 Å². The summed E-state index contributed by atoms with van der Waals surface area (Å²) >= 11 is 0. The molecule has 1 aromatic heterocycles.